The maximum atomic E-state index is 11.6. The number of nitrogens with one attached hydrogen (secondary N) is 1. The van der Waals surface area contributed by atoms with Gasteiger partial charge in [0, 0.05) is 19.1 Å². The van der Waals surface area contributed by atoms with E-state index in [0.717, 1.165) is 32.7 Å². The van der Waals surface area contributed by atoms with Gasteiger partial charge in [0.1, 0.15) is 5.60 Å². The van der Waals surface area contributed by atoms with E-state index in [9.17, 15) is 4.79 Å². The maximum Gasteiger partial charge on any atom is 0.407 e. The van der Waals surface area contributed by atoms with Crippen molar-refractivity contribution < 1.29 is 14.3 Å². The van der Waals surface area contributed by atoms with Crippen molar-refractivity contribution in [2.75, 3.05) is 26.3 Å². The van der Waals surface area contributed by atoms with Crippen molar-refractivity contribution in [2.24, 2.45) is 0 Å². The van der Waals surface area contributed by atoms with Crippen molar-refractivity contribution in [1.29, 1.82) is 0 Å². The van der Waals surface area contributed by atoms with Crippen LogP contribution in [-0.4, -0.2) is 55.0 Å². The lowest BCUT2D eigenvalue weighted by Crippen LogP contribution is -2.49. The Morgan fingerprint density at radius 1 is 1.41 bits per heavy atom. The Hall–Kier alpha value is -0.810. The summed E-state index contributed by atoms with van der Waals surface area (Å²) in [6, 6.07) is 0.769. The van der Waals surface area contributed by atoms with Gasteiger partial charge in [-0.25, -0.2) is 4.79 Å². The van der Waals surface area contributed by atoms with Gasteiger partial charge in [-0.05, 0) is 27.2 Å². The molecule has 0 aromatic heterocycles. The smallest absolute Gasteiger partial charge is 0.407 e. The molecule has 1 N–H and O–H groups in total. The van der Waals surface area contributed by atoms with Crippen LogP contribution in [0.1, 0.15) is 27.2 Å². The second-order valence-electron chi connectivity index (χ2n) is 5.82. The lowest BCUT2D eigenvalue weighted by molar-refractivity contribution is -0.0575. The monoisotopic (exact) mass is 242 g/mol. The third-order valence-electron chi connectivity index (χ3n) is 3.08. The first-order valence-electron chi connectivity index (χ1n) is 6.25. The van der Waals surface area contributed by atoms with Gasteiger partial charge in [-0.2, -0.15) is 0 Å². The number of rotatable bonds is 2. The Morgan fingerprint density at radius 2 is 2.12 bits per heavy atom. The third-order valence-corrected chi connectivity index (χ3v) is 3.08. The predicted molar refractivity (Wildman–Crippen MR) is 64.0 cm³/mol. The number of alkyl carbamates (subject to hydrolysis) is 1. The first kappa shape index (κ1) is 12.6. The summed E-state index contributed by atoms with van der Waals surface area (Å²) in [5.74, 6) is 0. The van der Waals surface area contributed by atoms with Crippen LogP contribution in [-0.2, 0) is 9.47 Å². The lowest BCUT2D eigenvalue weighted by atomic mass is 10.2. The Bertz CT molecular complexity index is 284. The van der Waals surface area contributed by atoms with Crippen molar-refractivity contribution in [3.63, 3.8) is 0 Å². The van der Waals surface area contributed by atoms with Gasteiger partial charge < -0.3 is 14.8 Å². The molecular weight excluding hydrogens is 220 g/mol. The highest BCUT2D eigenvalue weighted by Crippen LogP contribution is 2.18. The molecule has 98 valence electrons. The predicted octanol–water partition coefficient (Wildman–Crippen LogP) is 0.984. The molecule has 2 saturated heterocycles. The lowest BCUT2D eigenvalue weighted by Gasteiger charge is -2.34. The third kappa shape index (κ3) is 3.57. The van der Waals surface area contributed by atoms with Crippen molar-refractivity contribution in [1.82, 2.24) is 10.2 Å². The SMILES string of the molecule is CC(C)(C)OC(=O)N[C@H]1CCN(C2COC2)C1. The van der Waals surface area contributed by atoms with Gasteiger partial charge in [0.2, 0.25) is 0 Å². The molecule has 5 heteroatoms. The number of carbonyl (C=O) groups is 1. The summed E-state index contributed by atoms with van der Waals surface area (Å²) in [7, 11) is 0. The Morgan fingerprint density at radius 3 is 2.65 bits per heavy atom. The van der Waals surface area contributed by atoms with Crippen LogP contribution < -0.4 is 5.32 Å². The summed E-state index contributed by atoms with van der Waals surface area (Å²) in [6.45, 7) is 9.23. The van der Waals surface area contributed by atoms with Gasteiger partial charge in [0.05, 0.1) is 19.3 Å². The minimum absolute atomic E-state index is 0.213. The molecule has 0 unspecified atom stereocenters. The topological polar surface area (TPSA) is 50.8 Å². The van der Waals surface area contributed by atoms with E-state index >= 15 is 0 Å². The minimum atomic E-state index is -0.426. The standard InChI is InChI=1S/C12H22N2O3/c1-12(2,3)17-11(15)13-9-4-5-14(6-9)10-7-16-8-10/h9-10H,4-8H2,1-3H3,(H,13,15)/t9-/m0/s1. The fourth-order valence-electron chi connectivity index (χ4n) is 2.15. The number of nitrogens with zero attached hydrogens (tertiary/aromatic N) is 1. The molecule has 2 aliphatic rings. The van der Waals surface area contributed by atoms with Gasteiger partial charge >= 0.3 is 6.09 Å². The first-order chi connectivity index (χ1) is 7.94. The molecule has 1 amide bonds. The van der Waals surface area contributed by atoms with Crippen LogP contribution in [0.4, 0.5) is 4.79 Å². The first-order valence-corrected chi connectivity index (χ1v) is 6.25. The molecule has 0 bridgehead atoms. The van der Waals surface area contributed by atoms with Crippen molar-refractivity contribution in [2.45, 2.75) is 44.9 Å². The molecule has 2 rings (SSSR count). The Balaban J connectivity index is 1.71. The zero-order valence-corrected chi connectivity index (χ0v) is 10.9. The van der Waals surface area contributed by atoms with Crippen LogP contribution in [0.25, 0.3) is 0 Å². The zero-order valence-electron chi connectivity index (χ0n) is 10.9. The van der Waals surface area contributed by atoms with Gasteiger partial charge in [0.25, 0.3) is 0 Å². The number of ether oxygens (including phenoxy) is 2. The van der Waals surface area contributed by atoms with E-state index in [4.69, 9.17) is 9.47 Å². The largest absolute Gasteiger partial charge is 0.444 e. The molecule has 2 aliphatic heterocycles. The summed E-state index contributed by atoms with van der Waals surface area (Å²) in [5, 5.41) is 2.92. The molecule has 2 fully saturated rings. The van der Waals surface area contributed by atoms with Gasteiger partial charge in [-0.3, -0.25) is 4.90 Å². The maximum absolute atomic E-state index is 11.6. The molecule has 5 nitrogen and oxygen atoms in total. The van der Waals surface area contributed by atoms with Crippen LogP contribution in [0.5, 0.6) is 0 Å². The molecule has 0 spiro atoms. The Kier molecular flexibility index (Phi) is 3.58. The van der Waals surface area contributed by atoms with Crippen LogP contribution >= 0.6 is 0 Å². The molecule has 2 heterocycles. The Labute approximate surface area is 102 Å². The van der Waals surface area contributed by atoms with Crippen LogP contribution in [0.3, 0.4) is 0 Å². The quantitative estimate of drug-likeness (QED) is 0.784. The highest BCUT2D eigenvalue weighted by molar-refractivity contribution is 5.68. The average molecular weight is 242 g/mol. The van der Waals surface area contributed by atoms with Crippen molar-refractivity contribution >= 4 is 6.09 Å². The number of amides is 1. The number of likely N-dealkylation sites (tertiary alicyclic amines) is 1. The van der Waals surface area contributed by atoms with E-state index in [1.807, 2.05) is 20.8 Å². The summed E-state index contributed by atoms with van der Waals surface area (Å²) in [5.41, 5.74) is -0.426. The fraction of sp³-hybridized carbons (Fsp3) is 0.917. The van der Waals surface area contributed by atoms with E-state index < -0.39 is 5.60 Å². The van der Waals surface area contributed by atoms with Crippen LogP contribution in [0.2, 0.25) is 0 Å². The molecule has 0 aromatic carbocycles. The van der Waals surface area contributed by atoms with Gasteiger partial charge in [0.15, 0.2) is 0 Å². The highest BCUT2D eigenvalue weighted by Gasteiger charge is 2.33. The molecule has 17 heavy (non-hydrogen) atoms. The molecule has 0 radical (unpaired) electrons. The highest BCUT2D eigenvalue weighted by atomic mass is 16.6. The van der Waals surface area contributed by atoms with E-state index in [-0.39, 0.29) is 12.1 Å². The van der Waals surface area contributed by atoms with E-state index in [2.05, 4.69) is 10.2 Å². The van der Waals surface area contributed by atoms with Crippen molar-refractivity contribution in [3.05, 3.63) is 0 Å². The minimum Gasteiger partial charge on any atom is -0.444 e. The summed E-state index contributed by atoms with van der Waals surface area (Å²) in [4.78, 5) is 14.0. The van der Waals surface area contributed by atoms with E-state index in [1.165, 1.54) is 0 Å². The molecule has 0 aromatic rings. The van der Waals surface area contributed by atoms with E-state index in [0.29, 0.717) is 6.04 Å². The molecule has 0 aliphatic carbocycles. The number of hydrogen-bond acceptors (Lipinski definition) is 4. The second kappa shape index (κ2) is 4.82. The van der Waals surface area contributed by atoms with E-state index in [1.54, 1.807) is 0 Å². The van der Waals surface area contributed by atoms with Gasteiger partial charge in [-0.15, -0.1) is 0 Å². The van der Waals surface area contributed by atoms with Crippen LogP contribution in [0, 0.1) is 0 Å². The fourth-order valence-corrected chi connectivity index (χ4v) is 2.15. The number of carbonyl (C=O) groups excluding carboxylic acids is 1. The summed E-state index contributed by atoms with van der Waals surface area (Å²) < 4.78 is 10.4. The summed E-state index contributed by atoms with van der Waals surface area (Å²) >= 11 is 0. The molecule has 1 atom stereocenters. The zero-order chi connectivity index (χ0) is 12.5. The van der Waals surface area contributed by atoms with Crippen molar-refractivity contribution in [3.8, 4) is 0 Å². The molecular formula is C12H22N2O3. The number of hydrogen-bond donors (Lipinski definition) is 1. The molecule has 0 saturated carbocycles. The van der Waals surface area contributed by atoms with Crippen LogP contribution in [0.15, 0.2) is 0 Å². The van der Waals surface area contributed by atoms with Gasteiger partial charge in [-0.1, -0.05) is 0 Å². The normalized spacial score (nSPS) is 26.6. The second-order valence-corrected chi connectivity index (χ2v) is 5.82. The average Bonchev–Trinajstić information content (AvgIpc) is 2.45. The summed E-state index contributed by atoms with van der Waals surface area (Å²) in [6.07, 6.45) is 0.685.